The van der Waals surface area contributed by atoms with E-state index in [4.69, 9.17) is 0 Å². The number of hydrogen-bond acceptors (Lipinski definition) is 2. The number of rotatable bonds is 3. The lowest BCUT2D eigenvalue weighted by Gasteiger charge is -2.24. The number of likely N-dealkylation sites (tertiary alicyclic amines) is 1. The highest BCUT2D eigenvalue weighted by atomic mass is 19.1. The normalized spacial score (nSPS) is 18.7. The summed E-state index contributed by atoms with van der Waals surface area (Å²) in [5, 5.41) is 5.52. The molecule has 0 radical (unpaired) electrons. The number of nitrogens with one attached hydrogen (secondary N) is 2. The molecule has 2 amide bonds. The van der Waals surface area contributed by atoms with Gasteiger partial charge < -0.3 is 15.5 Å². The summed E-state index contributed by atoms with van der Waals surface area (Å²) < 4.78 is 26.2. The SMILES string of the molecule is CNCC1CCCN1C(=O)Nc1ccc(F)cc1F. The Morgan fingerprint density at radius 1 is 1.47 bits per heavy atom. The maximum absolute atomic E-state index is 13.5. The molecule has 2 rings (SSSR count). The van der Waals surface area contributed by atoms with Crippen molar-refractivity contribution in [2.24, 2.45) is 0 Å². The second kappa shape index (κ2) is 5.97. The molecule has 104 valence electrons. The Balaban J connectivity index is 2.04. The highest BCUT2D eigenvalue weighted by molar-refractivity contribution is 5.89. The second-order valence-corrected chi connectivity index (χ2v) is 4.60. The van der Waals surface area contributed by atoms with E-state index in [1.807, 2.05) is 7.05 Å². The van der Waals surface area contributed by atoms with E-state index in [-0.39, 0.29) is 17.8 Å². The average Bonchev–Trinajstić information content (AvgIpc) is 2.81. The quantitative estimate of drug-likeness (QED) is 0.883. The zero-order valence-corrected chi connectivity index (χ0v) is 10.7. The number of hydrogen-bond donors (Lipinski definition) is 2. The summed E-state index contributed by atoms with van der Waals surface area (Å²) in [5.41, 5.74) is 0.00140. The van der Waals surface area contributed by atoms with Crippen molar-refractivity contribution in [3.63, 3.8) is 0 Å². The molecule has 1 aromatic carbocycles. The van der Waals surface area contributed by atoms with E-state index >= 15 is 0 Å². The minimum Gasteiger partial charge on any atom is -0.320 e. The summed E-state index contributed by atoms with van der Waals surface area (Å²) in [6.45, 7) is 1.36. The van der Waals surface area contributed by atoms with E-state index < -0.39 is 11.6 Å². The van der Waals surface area contributed by atoms with E-state index in [0.717, 1.165) is 25.0 Å². The first-order chi connectivity index (χ1) is 9.11. The van der Waals surface area contributed by atoms with Gasteiger partial charge in [0.05, 0.1) is 5.69 Å². The van der Waals surface area contributed by atoms with E-state index in [1.165, 1.54) is 6.07 Å². The van der Waals surface area contributed by atoms with Gasteiger partial charge in [-0.05, 0) is 32.0 Å². The molecule has 1 aliphatic rings. The Bertz CT molecular complexity index is 467. The molecule has 1 aliphatic heterocycles. The molecule has 1 atom stereocenters. The van der Waals surface area contributed by atoms with Gasteiger partial charge in [-0.2, -0.15) is 0 Å². The third-order valence-corrected chi connectivity index (χ3v) is 3.25. The molecule has 1 aromatic rings. The van der Waals surface area contributed by atoms with Crippen molar-refractivity contribution >= 4 is 11.7 Å². The molecule has 0 saturated carbocycles. The van der Waals surface area contributed by atoms with Crippen LogP contribution in [0.5, 0.6) is 0 Å². The molecular weight excluding hydrogens is 252 g/mol. The number of benzene rings is 1. The lowest BCUT2D eigenvalue weighted by atomic mass is 10.2. The minimum atomic E-state index is -0.766. The zero-order valence-electron chi connectivity index (χ0n) is 10.7. The van der Waals surface area contributed by atoms with Gasteiger partial charge in [-0.25, -0.2) is 13.6 Å². The van der Waals surface area contributed by atoms with Crippen LogP contribution in [0.1, 0.15) is 12.8 Å². The molecule has 1 saturated heterocycles. The van der Waals surface area contributed by atoms with Gasteiger partial charge in [-0.3, -0.25) is 0 Å². The molecule has 1 unspecified atom stereocenters. The highest BCUT2D eigenvalue weighted by Gasteiger charge is 2.28. The van der Waals surface area contributed by atoms with E-state index in [2.05, 4.69) is 10.6 Å². The van der Waals surface area contributed by atoms with Gasteiger partial charge in [0, 0.05) is 25.2 Å². The Morgan fingerprint density at radius 2 is 2.26 bits per heavy atom. The molecular formula is C13H17F2N3O. The van der Waals surface area contributed by atoms with E-state index in [9.17, 15) is 13.6 Å². The van der Waals surface area contributed by atoms with Crippen molar-refractivity contribution in [2.45, 2.75) is 18.9 Å². The van der Waals surface area contributed by atoms with E-state index in [0.29, 0.717) is 13.1 Å². The van der Waals surface area contributed by atoms with Crippen LogP contribution in [0.2, 0.25) is 0 Å². The maximum Gasteiger partial charge on any atom is 0.322 e. The number of carbonyl (C=O) groups excluding carboxylic acids is 1. The number of likely N-dealkylation sites (N-methyl/N-ethyl adjacent to an activating group) is 1. The number of urea groups is 1. The average molecular weight is 269 g/mol. The number of nitrogens with zero attached hydrogens (tertiary/aromatic N) is 1. The summed E-state index contributed by atoms with van der Waals surface area (Å²) >= 11 is 0. The van der Waals surface area contributed by atoms with Crippen molar-refractivity contribution < 1.29 is 13.6 Å². The maximum atomic E-state index is 13.5. The number of anilines is 1. The molecule has 0 aromatic heterocycles. The van der Waals surface area contributed by atoms with Crippen LogP contribution in [-0.2, 0) is 0 Å². The van der Waals surface area contributed by atoms with Crippen LogP contribution in [0.15, 0.2) is 18.2 Å². The standard InChI is InChI=1S/C13H17F2N3O/c1-16-8-10-3-2-6-18(10)13(19)17-12-5-4-9(14)7-11(12)15/h4-5,7,10,16H,2-3,6,8H2,1H3,(H,17,19). The van der Waals surface area contributed by atoms with Crippen LogP contribution in [0.4, 0.5) is 19.3 Å². The van der Waals surface area contributed by atoms with Gasteiger partial charge >= 0.3 is 6.03 Å². The molecule has 1 heterocycles. The monoisotopic (exact) mass is 269 g/mol. The molecule has 19 heavy (non-hydrogen) atoms. The van der Waals surface area contributed by atoms with Crippen LogP contribution in [0, 0.1) is 11.6 Å². The van der Waals surface area contributed by atoms with Gasteiger partial charge in [0.1, 0.15) is 11.6 Å². The Hall–Kier alpha value is -1.69. The first-order valence-corrected chi connectivity index (χ1v) is 6.29. The fourth-order valence-corrected chi connectivity index (χ4v) is 2.33. The van der Waals surface area contributed by atoms with E-state index in [1.54, 1.807) is 4.90 Å². The van der Waals surface area contributed by atoms with Crippen LogP contribution in [-0.4, -0.2) is 37.1 Å². The lowest BCUT2D eigenvalue weighted by molar-refractivity contribution is 0.206. The number of halogens is 2. The van der Waals surface area contributed by atoms with Gasteiger partial charge in [0.15, 0.2) is 0 Å². The molecule has 0 spiro atoms. The van der Waals surface area contributed by atoms with Crippen LogP contribution in [0.3, 0.4) is 0 Å². The minimum absolute atomic E-state index is 0.00140. The lowest BCUT2D eigenvalue weighted by Crippen LogP contribution is -2.43. The molecule has 0 bridgehead atoms. The smallest absolute Gasteiger partial charge is 0.320 e. The third kappa shape index (κ3) is 3.20. The van der Waals surface area contributed by atoms with Crippen molar-refractivity contribution in [3.05, 3.63) is 29.8 Å². The van der Waals surface area contributed by atoms with Crippen LogP contribution in [0.25, 0.3) is 0 Å². The molecule has 4 nitrogen and oxygen atoms in total. The number of carbonyl (C=O) groups is 1. The van der Waals surface area contributed by atoms with Crippen molar-refractivity contribution in [1.29, 1.82) is 0 Å². The fraction of sp³-hybridized carbons (Fsp3) is 0.462. The predicted molar refractivity (Wildman–Crippen MR) is 69.0 cm³/mol. The Labute approximate surface area is 110 Å². The van der Waals surface area contributed by atoms with Crippen molar-refractivity contribution in [2.75, 3.05) is 25.5 Å². The van der Waals surface area contributed by atoms with Gasteiger partial charge in [-0.15, -0.1) is 0 Å². The number of amides is 2. The van der Waals surface area contributed by atoms with Crippen molar-refractivity contribution in [3.8, 4) is 0 Å². The summed E-state index contributed by atoms with van der Waals surface area (Å²) in [5.74, 6) is -1.43. The van der Waals surface area contributed by atoms with Crippen molar-refractivity contribution in [1.82, 2.24) is 10.2 Å². The Morgan fingerprint density at radius 3 is 2.95 bits per heavy atom. The zero-order chi connectivity index (χ0) is 13.8. The molecule has 0 aliphatic carbocycles. The molecule has 2 N–H and O–H groups in total. The van der Waals surface area contributed by atoms with Gasteiger partial charge in [0.2, 0.25) is 0 Å². The summed E-state index contributed by atoms with van der Waals surface area (Å²) in [6, 6.07) is 2.88. The fourth-order valence-electron chi connectivity index (χ4n) is 2.33. The first kappa shape index (κ1) is 13.7. The highest BCUT2D eigenvalue weighted by Crippen LogP contribution is 2.20. The predicted octanol–water partition coefficient (Wildman–Crippen LogP) is 2.18. The molecule has 6 heteroatoms. The van der Waals surface area contributed by atoms with Crippen LogP contribution >= 0.6 is 0 Å². The summed E-state index contributed by atoms with van der Waals surface area (Å²) in [7, 11) is 1.83. The third-order valence-electron chi connectivity index (χ3n) is 3.25. The largest absolute Gasteiger partial charge is 0.322 e. The summed E-state index contributed by atoms with van der Waals surface area (Å²) in [6.07, 6.45) is 1.87. The first-order valence-electron chi connectivity index (χ1n) is 6.29. The van der Waals surface area contributed by atoms with Gasteiger partial charge in [0.25, 0.3) is 0 Å². The topological polar surface area (TPSA) is 44.4 Å². The molecule has 1 fully saturated rings. The second-order valence-electron chi connectivity index (χ2n) is 4.60. The summed E-state index contributed by atoms with van der Waals surface area (Å²) in [4.78, 5) is 13.7. The van der Waals surface area contributed by atoms with Crippen LogP contribution < -0.4 is 10.6 Å². The van der Waals surface area contributed by atoms with Gasteiger partial charge in [-0.1, -0.05) is 0 Å². The Kier molecular flexibility index (Phi) is 4.31.